The number of hydrogen-bond donors (Lipinski definition) is 2. The number of amides is 2. The van der Waals surface area contributed by atoms with Gasteiger partial charge in [0.1, 0.15) is 5.69 Å². The van der Waals surface area contributed by atoms with E-state index in [2.05, 4.69) is 10.3 Å². The fourth-order valence-electron chi connectivity index (χ4n) is 3.12. The SMILES string of the molecule is Cc1nc(C(=O)N(C)C)ccc1C(=O)NC(CN)C1CCCC1. The Bertz CT molecular complexity index is 580. The van der Waals surface area contributed by atoms with Crippen molar-refractivity contribution in [2.75, 3.05) is 20.6 Å². The summed E-state index contributed by atoms with van der Waals surface area (Å²) >= 11 is 0. The second-order valence-corrected chi connectivity index (χ2v) is 6.39. The third-order valence-electron chi connectivity index (χ3n) is 4.50. The Morgan fingerprint density at radius 2 is 2.00 bits per heavy atom. The van der Waals surface area contributed by atoms with Crippen LogP contribution in [-0.4, -0.2) is 48.4 Å². The molecular formula is C17H26N4O2. The Hall–Kier alpha value is -1.95. The smallest absolute Gasteiger partial charge is 0.271 e. The van der Waals surface area contributed by atoms with Crippen molar-refractivity contribution in [2.24, 2.45) is 11.7 Å². The number of rotatable bonds is 5. The Balaban J connectivity index is 2.11. The fraction of sp³-hybridized carbons (Fsp3) is 0.588. The molecule has 1 aliphatic rings. The summed E-state index contributed by atoms with van der Waals surface area (Å²) in [5.74, 6) is 0.124. The number of carbonyl (C=O) groups excluding carboxylic acids is 2. The Kier molecular flexibility index (Phi) is 5.71. The molecule has 1 unspecified atom stereocenters. The van der Waals surface area contributed by atoms with E-state index in [0.717, 1.165) is 12.8 Å². The number of pyridine rings is 1. The molecule has 0 aromatic carbocycles. The first kappa shape index (κ1) is 17.4. The topological polar surface area (TPSA) is 88.3 Å². The zero-order valence-corrected chi connectivity index (χ0v) is 14.1. The monoisotopic (exact) mass is 318 g/mol. The highest BCUT2D eigenvalue weighted by Crippen LogP contribution is 2.27. The summed E-state index contributed by atoms with van der Waals surface area (Å²) in [4.78, 5) is 30.2. The van der Waals surface area contributed by atoms with Crippen LogP contribution in [0.4, 0.5) is 0 Å². The van der Waals surface area contributed by atoms with Gasteiger partial charge in [-0.15, -0.1) is 0 Å². The van der Waals surface area contributed by atoms with Crippen LogP contribution in [-0.2, 0) is 0 Å². The fourth-order valence-corrected chi connectivity index (χ4v) is 3.12. The van der Waals surface area contributed by atoms with Crippen molar-refractivity contribution in [1.29, 1.82) is 0 Å². The first-order valence-electron chi connectivity index (χ1n) is 8.14. The van der Waals surface area contributed by atoms with Gasteiger partial charge in [-0.25, -0.2) is 4.98 Å². The van der Waals surface area contributed by atoms with Gasteiger partial charge in [-0.3, -0.25) is 9.59 Å². The molecule has 0 saturated heterocycles. The second-order valence-electron chi connectivity index (χ2n) is 6.39. The van der Waals surface area contributed by atoms with Crippen LogP contribution in [0.15, 0.2) is 12.1 Å². The van der Waals surface area contributed by atoms with Crippen molar-refractivity contribution >= 4 is 11.8 Å². The minimum Gasteiger partial charge on any atom is -0.348 e. The first-order chi connectivity index (χ1) is 10.9. The lowest BCUT2D eigenvalue weighted by molar-refractivity contribution is 0.0820. The van der Waals surface area contributed by atoms with Crippen LogP contribution in [0.3, 0.4) is 0 Å². The summed E-state index contributed by atoms with van der Waals surface area (Å²) in [5.41, 5.74) is 7.23. The number of nitrogens with two attached hydrogens (primary N) is 1. The number of nitrogens with zero attached hydrogens (tertiary/aromatic N) is 2. The second kappa shape index (κ2) is 7.55. The van der Waals surface area contributed by atoms with Crippen LogP contribution in [0.25, 0.3) is 0 Å². The molecule has 1 fully saturated rings. The molecule has 1 aromatic heterocycles. The lowest BCUT2D eigenvalue weighted by Gasteiger charge is -2.23. The standard InChI is InChI=1S/C17H26N4O2/c1-11-13(8-9-14(19-11)17(23)21(2)3)16(22)20-15(10-18)12-6-4-5-7-12/h8-9,12,15H,4-7,10,18H2,1-3H3,(H,20,22). The molecule has 0 aliphatic heterocycles. The average molecular weight is 318 g/mol. The van der Waals surface area contributed by atoms with Crippen LogP contribution in [0.5, 0.6) is 0 Å². The zero-order chi connectivity index (χ0) is 17.0. The van der Waals surface area contributed by atoms with Crippen LogP contribution in [0.1, 0.15) is 52.2 Å². The third-order valence-corrected chi connectivity index (χ3v) is 4.50. The molecule has 1 atom stereocenters. The van der Waals surface area contributed by atoms with E-state index in [4.69, 9.17) is 5.73 Å². The number of aromatic nitrogens is 1. The summed E-state index contributed by atoms with van der Waals surface area (Å²) in [7, 11) is 3.35. The van der Waals surface area contributed by atoms with Gasteiger partial charge in [-0.1, -0.05) is 12.8 Å². The van der Waals surface area contributed by atoms with Crippen molar-refractivity contribution in [2.45, 2.75) is 38.6 Å². The predicted molar refractivity (Wildman–Crippen MR) is 89.3 cm³/mol. The molecule has 6 nitrogen and oxygen atoms in total. The largest absolute Gasteiger partial charge is 0.348 e. The Labute approximate surface area is 137 Å². The molecule has 1 saturated carbocycles. The number of aryl methyl sites for hydroxylation is 1. The summed E-state index contributed by atoms with van der Waals surface area (Å²) in [6, 6.07) is 3.26. The van der Waals surface area contributed by atoms with E-state index in [1.165, 1.54) is 17.7 Å². The number of carbonyl (C=O) groups is 2. The highest BCUT2D eigenvalue weighted by atomic mass is 16.2. The quantitative estimate of drug-likeness (QED) is 0.857. The van der Waals surface area contributed by atoms with E-state index in [9.17, 15) is 9.59 Å². The average Bonchev–Trinajstić information content (AvgIpc) is 3.05. The van der Waals surface area contributed by atoms with Gasteiger partial charge in [0.15, 0.2) is 0 Å². The molecule has 23 heavy (non-hydrogen) atoms. The van der Waals surface area contributed by atoms with E-state index in [1.807, 2.05) is 0 Å². The highest BCUT2D eigenvalue weighted by Gasteiger charge is 2.26. The van der Waals surface area contributed by atoms with Crippen LogP contribution in [0.2, 0.25) is 0 Å². The van der Waals surface area contributed by atoms with Crippen LogP contribution >= 0.6 is 0 Å². The maximum Gasteiger partial charge on any atom is 0.271 e. The Morgan fingerprint density at radius 3 is 2.52 bits per heavy atom. The first-order valence-corrected chi connectivity index (χ1v) is 8.14. The minimum absolute atomic E-state index is 0.00693. The summed E-state index contributed by atoms with van der Waals surface area (Å²) < 4.78 is 0. The molecule has 0 spiro atoms. The molecule has 1 heterocycles. The van der Waals surface area contributed by atoms with E-state index in [-0.39, 0.29) is 17.9 Å². The van der Waals surface area contributed by atoms with Crippen molar-refractivity contribution in [3.05, 3.63) is 29.1 Å². The molecule has 2 amide bonds. The molecular weight excluding hydrogens is 292 g/mol. The molecule has 126 valence electrons. The molecule has 6 heteroatoms. The van der Waals surface area contributed by atoms with Gasteiger partial charge in [-0.2, -0.15) is 0 Å². The van der Waals surface area contributed by atoms with Gasteiger partial charge in [0, 0.05) is 26.7 Å². The normalized spacial score (nSPS) is 16.2. The lowest BCUT2D eigenvalue weighted by Crippen LogP contribution is -2.44. The number of nitrogens with one attached hydrogen (secondary N) is 1. The van der Waals surface area contributed by atoms with Gasteiger partial charge < -0.3 is 16.0 Å². The Morgan fingerprint density at radius 1 is 1.35 bits per heavy atom. The van der Waals surface area contributed by atoms with E-state index >= 15 is 0 Å². The maximum absolute atomic E-state index is 12.5. The maximum atomic E-state index is 12.5. The highest BCUT2D eigenvalue weighted by molar-refractivity contribution is 5.97. The van der Waals surface area contributed by atoms with Gasteiger partial charge in [0.25, 0.3) is 11.8 Å². The van der Waals surface area contributed by atoms with E-state index in [0.29, 0.717) is 29.4 Å². The van der Waals surface area contributed by atoms with Crippen molar-refractivity contribution < 1.29 is 9.59 Å². The van der Waals surface area contributed by atoms with E-state index in [1.54, 1.807) is 33.2 Å². The van der Waals surface area contributed by atoms with Crippen LogP contribution < -0.4 is 11.1 Å². The minimum atomic E-state index is -0.175. The molecule has 3 N–H and O–H groups in total. The summed E-state index contributed by atoms with van der Waals surface area (Å²) in [5, 5.41) is 3.04. The van der Waals surface area contributed by atoms with Gasteiger partial charge in [-0.05, 0) is 37.8 Å². The predicted octanol–water partition coefficient (Wildman–Crippen LogP) is 1.34. The lowest BCUT2D eigenvalue weighted by atomic mass is 9.97. The summed E-state index contributed by atoms with van der Waals surface area (Å²) in [6.07, 6.45) is 4.66. The summed E-state index contributed by atoms with van der Waals surface area (Å²) in [6.45, 7) is 2.19. The molecule has 0 bridgehead atoms. The molecule has 2 rings (SSSR count). The van der Waals surface area contributed by atoms with Crippen molar-refractivity contribution in [1.82, 2.24) is 15.2 Å². The zero-order valence-electron chi connectivity index (χ0n) is 14.1. The van der Waals surface area contributed by atoms with Crippen molar-refractivity contribution in [3.8, 4) is 0 Å². The van der Waals surface area contributed by atoms with E-state index < -0.39 is 0 Å². The van der Waals surface area contributed by atoms with Gasteiger partial charge >= 0.3 is 0 Å². The van der Waals surface area contributed by atoms with Gasteiger partial charge in [0.05, 0.1) is 11.3 Å². The molecule has 1 aliphatic carbocycles. The number of hydrogen-bond acceptors (Lipinski definition) is 4. The molecule has 1 aromatic rings. The van der Waals surface area contributed by atoms with Crippen LogP contribution in [0, 0.1) is 12.8 Å². The third kappa shape index (κ3) is 4.07. The van der Waals surface area contributed by atoms with Gasteiger partial charge in [0.2, 0.25) is 0 Å². The molecule has 0 radical (unpaired) electrons. The van der Waals surface area contributed by atoms with Crippen molar-refractivity contribution in [3.63, 3.8) is 0 Å².